The second-order valence-electron chi connectivity index (χ2n) is 5.56. The van der Waals surface area contributed by atoms with Crippen molar-refractivity contribution < 1.29 is 17.6 Å². The third-order valence-electron chi connectivity index (χ3n) is 3.59. The first-order chi connectivity index (χ1) is 11.2. The normalized spacial score (nSPS) is 11.5. The average Bonchev–Trinajstić information content (AvgIpc) is 2.56. The van der Waals surface area contributed by atoms with Crippen molar-refractivity contribution in [2.45, 2.75) is 11.4 Å². The molecular weight excluding hydrogens is 331 g/mol. The summed E-state index contributed by atoms with van der Waals surface area (Å²) in [7, 11) is 0.916. The third kappa shape index (κ3) is 3.80. The van der Waals surface area contributed by atoms with Gasteiger partial charge in [-0.05, 0) is 30.3 Å². The Labute approximate surface area is 141 Å². The van der Waals surface area contributed by atoms with E-state index >= 15 is 0 Å². The minimum atomic E-state index is -3.53. The molecule has 0 saturated heterocycles. The summed E-state index contributed by atoms with van der Waals surface area (Å²) in [6.07, 6.45) is 0. The lowest BCUT2D eigenvalue weighted by molar-refractivity contribution is 0.0783. The lowest BCUT2D eigenvalue weighted by Gasteiger charge is -2.18. The molecule has 7 heteroatoms. The molecule has 2 rings (SSSR count). The molecule has 1 amide bonds. The van der Waals surface area contributed by atoms with Gasteiger partial charge in [0.05, 0.1) is 4.90 Å². The molecule has 128 valence electrons. The van der Waals surface area contributed by atoms with Gasteiger partial charge in [-0.1, -0.05) is 18.2 Å². The molecule has 0 spiro atoms. The van der Waals surface area contributed by atoms with Gasteiger partial charge in [0.2, 0.25) is 10.0 Å². The van der Waals surface area contributed by atoms with Gasteiger partial charge in [0.25, 0.3) is 5.91 Å². The number of hydrogen-bond acceptors (Lipinski definition) is 3. The summed E-state index contributed by atoms with van der Waals surface area (Å²) < 4.78 is 38.8. The van der Waals surface area contributed by atoms with Crippen molar-refractivity contribution in [3.8, 4) is 0 Å². The van der Waals surface area contributed by atoms with E-state index in [0.29, 0.717) is 11.1 Å². The van der Waals surface area contributed by atoms with Crippen molar-refractivity contribution >= 4 is 15.9 Å². The first kappa shape index (κ1) is 18.1. The second-order valence-corrected chi connectivity index (χ2v) is 7.72. The van der Waals surface area contributed by atoms with Crippen LogP contribution in [0.3, 0.4) is 0 Å². The number of carbonyl (C=O) groups is 1. The molecule has 0 aliphatic rings. The van der Waals surface area contributed by atoms with Crippen LogP contribution in [-0.4, -0.2) is 44.7 Å². The van der Waals surface area contributed by atoms with E-state index in [2.05, 4.69) is 0 Å². The number of sulfonamides is 1. The molecule has 0 aliphatic carbocycles. The zero-order valence-corrected chi connectivity index (χ0v) is 14.5. The maximum Gasteiger partial charge on any atom is 0.253 e. The fourth-order valence-corrected chi connectivity index (χ4v) is 3.06. The zero-order valence-electron chi connectivity index (χ0n) is 13.7. The minimum absolute atomic E-state index is 0.112. The molecule has 0 bridgehead atoms. The van der Waals surface area contributed by atoms with Crippen molar-refractivity contribution in [3.05, 3.63) is 65.5 Å². The van der Waals surface area contributed by atoms with E-state index in [0.717, 1.165) is 4.31 Å². The first-order valence-corrected chi connectivity index (χ1v) is 8.69. The summed E-state index contributed by atoms with van der Waals surface area (Å²) in [4.78, 5) is 13.9. The van der Waals surface area contributed by atoms with Gasteiger partial charge < -0.3 is 4.90 Å². The molecule has 0 unspecified atom stereocenters. The quantitative estimate of drug-likeness (QED) is 0.832. The van der Waals surface area contributed by atoms with Crippen LogP contribution >= 0.6 is 0 Å². The Bertz CT molecular complexity index is 833. The molecule has 0 atom stereocenters. The number of benzene rings is 2. The van der Waals surface area contributed by atoms with Crippen LogP contribution in [0.1, 0.15) is 15.9 Å². The fourth-order valence-electron chi connectivity index (χ4n) is 2.15. The van der Waals surface area contributed by atoms with Gasteiger partial charge >= 0.3 is 0 Å². The van der Waals surface area contributed by atoms with E-state index in [1.807, 2.05) is 0 Å². The number of amides is 1. The highest BCUT2D eigenvalue weighted by Gasteiger charge is 2.19. The maximum absolute atomic E-state index is 13.7. The lowest BCUT2D eigenvalue weighted by atomic mass is 10.1. The van der Waals surface area contributed by atoms with E-state index < -0.39 is 10.0 Å². The van der Waals surface area contributed by atoms with Gasteiger partial charge in [-0.2, -0.15) is 0 Å². The molecule has 0 heterocycles. The van der Waals surface area contributed by atoms with Crippen LogP contribution in [0, 0.1) is 5.82 Å². The summed E-state index contributed by atoms with van der Waals surface area (Å²) in [5.74, 6) is -0.684. The van der Waals surface area contributed by atoms with Crippen molar-refractivity contribution in [1.29, 1.82) is 0 Å². The summed E-state index contributed by atoms with van der Waals surface area (Å²) in [6.45, 7) is 0.128. The Hall–Kier alpha value is -2.25. The third-order valence-corrected chi connectivity index (χ3v) is 5.42. The van der Waals surface area contributed by atoms with E-state index in [1.54, 1.807) is 25.2 Å². The molecule has 0 aliphatic heterocycles. The standard InChI is InChI=1S/C17H19FN2O3S/c1-19(2)24(22,23)15-10-8-13(9-11-15)17(21)20(3)12-14-6-4-5-7-16(14)18/h4-11H,12H2,1-3H3. The van der Waals surface area contributed by atoms with E-state index in [9.17, 15) is 17.6 Å². The molecule has 2 aromatic rings. The van der Waals surface area contributed by atoms with Gasteiger partial charge in [0.1, 0.15) is 5.82 Å². The van der Waals surface area contributed by atoms with Crippen LogP contribution < -0.4 is 0 Å². The number of rotatable bonds is 5. The Morgan fingerprint density at radius 3 is 2.12 bits per heavy atom. The van der Waals surface area contributed by atoms with Crippen molar-refractivity contribution in [2.24, 2.45) is 0 Å². The summed E-state index contributed by atoms with van der Waals surface area (Å²) in [6, 6.07) is 11.9. The van der Waals surface area contributed by atoms with E-state index in [1.165, 1.54) is 49.3 Å². The molecule has 24 heavy (non-hydrogen) atoms. The number of hydrogen-bond donors (Lipinski definition) is 0. The molecule has 0 N–H and O–H groups in total. The van der Waals surface area contributed by atoms with Gasteiger partial charge in [0.15, 0.2) is 0 Å². The topological polar surface area (TPSA) is 57.7 Å². The Morgan fingerprint density at radius 1 is 1.00 bits per heavy atom. The van der Waals surface area contributed by atoms with Crippen LogP contribution in [0.15, 0.2) is 53.4 Å². The number of halogens is 1. The van der Waals surface area contributed by atoms with Crippen molar-refractivity contribution in [3.63, 3.8) is 0 Å². The van der Waals surface area contributed by atoms with Gasteiger partial charge in [-0.3, -0.25) is 4.79 Å². The van der Waals surface area contributed by atoms with Crippen molar-refractivity contribution in [2.75, 3.05) is 21.1 Å². The molecular formula is C17H19FN2O3S. The Morgan fingerprint density at radius 2 is 1.58 bits per heavy atom. The fraction of sp³-hybridized carbons (Fsp3) is 0.235. The Kier molecular flexibility index (Phi) is 5.36. The molecule has 0 saturated carbocycles. The van der Waals surface area contributed by atoms with Gasteiger partial charge in [0, 0.05) is 38.8 Å². The maximum atomic E-state index is 13.7. The monoisotopic (exact) mass is 350 g/mol. The molecule has 0 aromatic heterocycles. The molecule has 0 radical (unpaired) electrons. The highest BCUT2D eigenvalue weighted by atomic mass is 32.2. The van der Waals surface area contributed by atoms with E-state index in [-0.39, 0.29) is 23.2 Å². The SMILES string of the molecule is CN(Cc1ccccc1F)C(=O)c1ccc(S(=O)(=O)N(C)C)cc1. The Balaban J connectivity index is 2.17. The average molecular weight is 350 g/mol. The van der Waals surface area contributed by atoms with Gasteiger partial charge in [-0.25, -0.2) is 17.1 Å². The van der Waals surface area contributed by atoms with Crippen LogP contribution in [0.2, 0.25) is 0 Å². The summed E-state index contributed by atoms with van der Waals surface area (Å²) in [5, 5.41) is 0. The second kappa shape index (κ2) is 7.11. The number of nitrogens with zero attached hydrogens (tertiary/aromatic N) is 2. The van der Waals surface area contributed by atoms with Gasteiger partial charge in [-0.15, -0.1) is 0 Å². The number of carbonyl (C=O) groups excluding carboxylic acids is 1. The highest BCUT2D eigenvalue weighted by molar-refractivity contribution is 7.89. The van der Waals surface area contributed by atoms with Crippen LogP contribution in [0.25, 0.3) is 0 Å². The molecule has 5 nitrogen and oxygen atoms in total. The predicted octanol–water partition coefficient (Wildman–Crippen LogP) is 2.35. The smallest absolute Gasteiger partial charge is 0.253 e. The van der Waals surface area contributed by atoms with Crippen LogP contribution in [-0.2, 0) is 16.6 Å². The minimum Gasteiger partial charge on any atom is -0.337 e. The summed E-state index contributed by atoms with van der Waals surface area (Å²) in [5.41, 5.74) is 0.756. The highest BCUT2D eigenvalue weighted by Crippen LogP contribution is 2.16. The van der Waals surface area contributed by atoms with Crippen molar-refractivity contribution in [1.82, 2.24) is 9.21 Å². The van der Waals surface area contributed by atoms with E-state index in [4.69, 9.17) is 0 Å². The largest absolute Gasteiger partial charge is 0.337 e. The molecule has 0 fully saturated rings. The van der Waals surface area contributed by atoms with Crippen LogP contribution in [0.4, 0.5) is 4.39 Å². The predicted molar refractivity (Wildman–Crippen MR) is 89.5 cm³/mol. The zero-order chi connectivity index (χ0) is 17.9. The van der Waals surface area contributed by atoms with Crippen LogP contribution in [0.5, 0.6) is 0 Å². The first-order valence-electron chi connectivity index (χ1n) is 7.25. The lowest BCUT2D eigenvalue weighted by Crippen LogP contribution is -2.27. The summed E-state index contributed by atoms with van der Waals surface area (Å²) >= 11 is 0. The molecule has 2 aromatic carbocycles.